The van der Waals surface area contributed by atoms with Crippen molar-refractivity contribution in [2.75, 3.05) is 61.5 Å². The van der Waals surface area contributed by atoms with E-state index >= 15 is 0 Å². The van der Waals surface area contributed by atoms with Gasteiger partial charge in [-0.25, -0.2) is 18.4 Å². The topological polar surface area (TPSA) is 156 Å². The first-order chi connectivity index (χ1) is 28.5. The van der Waals surface area contributed by atoms with Gasteiger partial charge in [0.1, 0.15) is 12.0 Å². The predicted molar refractivity (Wildman–Crippen MR) is 236 cm³/mol. The van der Waals surface area contributed by atoms with E-state index in [1.54, 1.807) is 25.1 Å². The molecule has 59 heavy (non-hydrogen) atoms. The molecule has 6 aromatic rings. The highest BCUT2D eigenvalue weighted by molar-refractivity contribution is 7.99. The third kappa shape index (κ3) is 10.2. The van der Waals surface area contributed by atoms with E-state index in [9.17, 15) is 18.5 Å². The van der Waals surface area contributed by atoms with E-state index < -0.39 is 14.9 Å². The molecule has 1 fully saturated rings. The van der Waals surface area contributed by atoms with Crippen LogP contribution in [0, 0.1) is 10.1 Å². The molecule has 2 aromatic heterocycles. The molecule has 0 saturated carbocycles. The number of hydrogen-bond donors (Lipinski definition) is 2. The molecule has 7 rings (SSSR count). The van der Waals surface area contributed by atoms with Gasteiger partial charge in [-0.05, 0) is 99.6 Å². The van der Waals surface area contributed by atoms with E-state index in [1.807, 2.05) is 81.0 Å². The first-order valence-electron chi connectivity index (χ1n) is 19.5. The first kappa shape index (κ1) is 41.5. The van der Waals surface area contributed by atoms with Crippen molar-refractivity contribution >= 4 is 55.6 Å². The number of benzene rings is 4. The Morgan fingerprint density at radius 3 is 2.47 bits per heavy atom. The van der Waals surface area contributed by atoms with Gasteiger partial charge in [0.05, 0.1) is 20.9 Å². The summed E-state index contributed by atoms with van der Waals surface area (Å²) in [6.45, 7) is 2.28. The van der Waals surface area contributed by atoms with Gasteiger partial charge in [-0.2, -0.15) is 0 Å². The average molecular weight is 833 g/mol. The lowest BCUT2D eigenvalue weighted by Gasteiger charge is -2.42. The van der Waals surface area contributed by atoms with Gasteiger partial charge in [0.2, 0.25) is 0 Å². The van der Waals surface area contributed by atoms with Gasteiger partial charge in [-0.1, -0.05) is 48.5 Å². The minimum absolute atomic E-state index is 0.0809. The third-order valence-electron chi connectivity index (χ3n) is 10.8. The number of piperidine rings is 1. The molecule has 0 aliphatic carbocycles. The second-order valence-electron chi connectivity index (χ2n) is 15.0. The Morgan fingerprint density at radius 2 is 1.75 bits per heavy atom. The summed E-state index contributed by atoms with van der Waals surface area (Å²) < 4.78 is 36.4. The van der Waals surface area contributed by atoms with Gasteiger partial charge in [0.15, 0.2) is 5.82 Å². The Balaban J connectivity index is 1.05. The number of sulfonamides is 1. The SMILES string of the molecule is COC1(Cc2ccccc2-c2cccnc2)CCN(c2ccc3c(NS(=O)(=O)c4ccc(N[C@H](CCN(C)C)CSc5ccccc5)c([N+](=O)[O-])c4)ncnc3c2)CC1. The van der Waals surface area contributed by atoms with Gasteiger partial charge in [0, 0.05) is 78.4 Å². The number of nitrogens with one attached hydrogen (secondary N) is 2. The number of fused-ring (bicyclic) bond motifs is 1. The van der Waals surface area contributed by atoms with Crippen LogP contribution in [-0.4, -0.2) is 91.4 Å². The van der Waals surface area contributed by atoms with E-state index in [-0.39, 0.29) is 33.7 Å². The molecular weight excluding hydrogens is 785 g/mol. The number of hydrogen-bond acceptors (Lipinski definition) is 12. The van der Waals surface area contributed by atoms with Gasteiger partial charge in [-0.3, -0.25) is 19.8 Å². The molecule has 0 spiro atoms. The van der Waals surface area contributed by atoms with Crippen molar-refractivity contribution in [2.24, 2.45) is 0 Å². The summed E-state index contributed by atoms with van der Waals surface area (Å²) in [4.78, 5) is 30.0. The van der Waals surface area contributed by atoms with E-state index in [0.717, 1.165) is 73.1 Å². The van der Waals surface area contributed by atoms with Gasteiger partial charge < -0.3 is 19.9 Å². The van der Waals surface area contributed by atoms with Crippen molar-refractivity contribution < 1.29 is 18.1 Å². The van der Waals surface area contributed by atoms with Crippen LogP contribution < -0.4 is 14.9 Å². The van der Waals surface area contributed by atoms with E-state index in [2.05, 4.69) is 59.1 Å². The highest BCUT2D eigenvalue weighted by Gasteiger charge is 2.36. The number of pyridine rings is 1. The highest BCUT2D eigenvalue weighted by Crippen LogP contribution is 2.37. The van der Waals surface area contributed by atoms with E-state index in [0.29, 0.717) is 16.7 Å². The molecule has 1 aliphatic rings. The van der Waals surface area contributed by atoms with Crippen molar-refractivity contribution in [2.45, 2.75) is 47.1 Å². The molecule has 15 heteroatoms. The molecule has 1 saturated heterocycles. The number of rotatable bonds is 17. The second kappa shape index (κ2) is 18.5. The van der Waals surface area contributed by atoms with Gasteiger partial charge in [0.25, 0.3) is 15.7 Å². The Kier molecular flexibility index (Phi) is 13.1. The lowest BCUT2D eigenvalue weighted by atomic mass is 9.82. The van der Waals surface area contributed by atoms with Crippen LogP contribution in [0.3, 0.4) is 0 Å². The van der Waals surface area contributed by atoms with Gasteiger partial charge in [-0.15, -0.1) is 11.8 Å². The number of nitro benzene ring substituents is 1. The number of ether oxygens (including phenoxy) is 1. The number of aromatic nitrogens is 3. The Hall–Kier alpha value is -5.61. The Labute approximate surface area is 349 Å². The van der Waals surface area contributed by atoms with Crippen LogP contribution in [0.5, 0.6) is 0 Å². The summed E-state index contributed by atoms with van der Waals surface area (Å²) in [6.07, 6.45) is 8.09. The smallest absolute Gasteiger partial charge is 0.293 e. The molecule has 1 atom stereocenters. The molecule has 0 bridgehead atoms. The molecule has 1 aliphatic heterocycles. The summed E-state index contributed by atoms with van der Waals surface area (Å²) in [5.41, 5.74) is 4.55. The fraction of sp³-hybridized carbons (Fsp3) is 0.295. The number of nitro groups is 1. The fourth-order valence-corrected chi connectivity index (χ4v) is 9.50. The lowest BCUT2D eigenvalue weighted by Crippen LogP contribution is -2.47. The van der Waals surface area contributed by atoms with Crippen molar-refractivity contribution in [3.63, 3.8) is 0 Å². The Bertz CT molecular complexity index is 2480. The second-order valence-corrected chi connectivity index (χ2v) is 17.7. The molecule has 13 nitrogen and oxygen atoms in total. The fourth-order valence-electron chi connectivity index (χ4n) is 7.46. The van der Waals surface area contributed by atoms with Crippen LogP contribution in [0.4, 0.5) is 22.9 Å². The molecule has 0 unspecified atom stereocenters. The van der Waals surface area contributed by atoms with Crippen LogP contribution in [0.2, 0.25) is 0 Å². The zero-order chi connectivity index (χ0) is 41.4. The summed E-state index contributed by atoms with van der Waals surface area (Å²) in [5.74, 6) is 0.741. The maximum atomic E-state index is 13.8. The van der Waals surface area contributed by atoms with Crippen molar-refractivity contribution in [3.8, 4) is 11.1 Å². The Morgan fingerprint density at radius 1 is 0.966 bits per heavy atom. The number of nitrogens with zero attached hydrogens (tertiary/aromatic N) is 6. The summed E-state index contributed by atoms with van der Waals surface area (Å²) in [6, 6.07) is 31.9. The average Bonchev–Trinajstić information content (AvgIpc) is 3.25. The monoisotopic (exact) mass is 832 g/mol. The number of thioether (sulfide) groups is 1. The molecule has 0 radical (unpaired) electrons. The van der Waals surface area contributed by atoms with Crippen molar-refractivity contribution in [1.82, 2.24) is 19.9 Å². The largest absolute Gasteiger partial charge is 0.378 e. The summed E-state index contributed by atoms with van der Waals surface area (Å²) >= 11 is 1.65. The van der Waals surface area contributed by atoms with Crippen LogP contribution in [0.25, 0.3) is 22.0 Å². The maximum absolute atomic E-state index is 13.8. The minimum atomic E-state index is -4.28. The summed E-state index contributed by atoms with van der Waals surface area (Å²) in [7, 11) is 1.46. The van der Waals surface area contributed by atoms with E-state index in [4.69, 9.17) is 4.74 Å². The molecule has 3 heterocycles. The predicted octanol–water partition coefficient (Wildman–Crippen LogP) is 8.15. The van der Waals surface area contributed by atoms with Crippen molar-refractivity contribution in [1.29, 1.82) is 0 Å². The van der Waals surface area contributed by atoms with Crippen LogP contribution in [0.15, 0.2) is 132 Å². The normalized spacial score (nSPS) is 14.6. The molecular formula is C44H48N8O5S2. The highest BCUT2D eigenvalue weighted by atomic mass is 32.2. The molecule has 4 aromatic carbocycles. The first-order valence-corrected chi connectivity index (χ1v) is 21.9. The molecule has 0 amide bonds. The van der Waals surface area contributed by atoms with E-state index in [1.165, 1.54) is 24.0 Å². The third-order valence-corrected chi connectivity index (χ3v) is 13.3. The van der Waals surface area contributed by atoms with Crippen LogP contribution in [-0.2, 0) is 21.2 Å². The standard InChI is InChI=1S/C44H48N8O5S2/c1-50(2)23-19-34(30-58-36-12-5-4-6-13-36)48-40-18-16-37(27-42(40)52(53)54)59(55,56)49-43-39-17-15-35(26-41(39)46-31-47-43)51-24-20-44(57-3,21-25-51)28-32-10-7-8-14-38(32)33-11-9-22-45-29-33/h4-18,22,26-27,29,31,34,48H,19-21,23-25,28,30H2,1-3H3,(H,46,47,49)/t34-/m1/s1. The zero-order valence-electron chi connectivity index (χ0n) is 33.3. The maximum Gasteiger partial charge on any atom is 0.293 e. The molecule has 2 N–H and O–H groups in total. The minimum Gasteiger partial charge on any atom is -0.378 e. The van der Waals surface area contributed by atoms with Gasteiger partial charge >= 0.3 is 0 Å². The molecule has 306 valence electrons. The zero-order valence-corrected chi connectivity index (χ0v) is 35.0. The quantitative estimate of drug-likeness (QED) is 0.0518. The number of methoxy groups -OCH3 is 1. The summed E-state index contributed by atoms with van der Waals surface area (Å²) in [5, 5.41) is 16.2. The number of anilines is 3. The van der Waals surface area contributed by atoms with Crippen LogP contribution in [0.1, 0.15) is 24.8 Å². The lowest BCUT2D eigenvalue weighted by molar-refractivity contribution is -0.384. The van der Waals surface area contributed by atoms with Crippen molar-refractivity contribution in [3.05, 3.63) is 138 Å². The van der Waals surface area contributed by atoms with Crippen LogP contribution >= 0.6 is 11.8 Å².